The summed E-state index contributed by atoms with van der Waals surface area (Å²) in [5.41, 5.74) is 1.93. The molecule has 1 aromatic carbocycles. The Balaban J connectivity index is 1.39. The Morgan fingerprint density at radius 3 is 2.73 bits per heavy atom. The molecule has 0 radical (unpaired) electrons. The quantitative estimate of drug-likeness (QED) is 0.540. The van der Waals surface area contributed by atoms with Gasteiger partial charge in [-0.1, -0.05) is 30.2 Å². The van der Waals surface area contributed by atoms with Gasteiger partial charge in [-0.3, -0.25) is 9.59 Å². The highest BCUT2D eigenvalue weighted by Gasteiger charge is 2.25. The number of hydrogen-bond acceptors (Lipinski definition) is 6. The maximum atomic E-state index is 12.7. The van der Waals surface area contributed by atoms with Crippen LogP contribution in [-0.4, -0.2) is 40.6 Å². The summed E-state index contributed by atoms with van der Waals surface area (Å²) in [4.78, 5) is 30.1. The van der Waals surface area contributed by atoms with Crippen LogP contribution in [0.25, 0.3) is 0 Å². The number of rotatable bonds is 7. The fraction of sp³-hybridized carbons (Fsp3) is 0.500. The zero-order valence-corrected chi connectivity index (χ0v) is 17.9. The van der Waals surface area contributed by atoms with Gasteiger partial charge in [0, 0.05) is 17.8 Å². The van der Waals surface area contributed by atoms with E-state index in [2.05, 4.69) is 20.9 Å². The van der Waals surface area contributed by atoms with Crippen LogP contribution in [0.3, 0.4) is 0 Å². The molecule has 0 saturated heterocycles. The minimum atomic E-state index is -0.499. The number of aliphatic hydroxyl groups excluding tert-OH is 1. The third-order valence-electron chi connectivity index (χ3n) is 5.76. The van der Waals surface area contributed by atoms with Crippen molar-refractivity contribution in [1.82, 2.24) is 10.3 Å². The molecule has 2 aliphatic rings. The van der Waals surface area contributed by atoms with Gasteiger partial charge in [-0.25, -0.2) is 4.98 Å². The molecule has 2 fully saturated rings. The maximum absolute atomic E-state index is 12.7. The van der Waals surface area contributed by atoms with Crippen molar-refractivity contribution in [2.45, 2.75) is 57.6 Å². The lowest BCUT2D eigenvalue weighted by Gasteiger charge is -2.28. The van der Waals surface area contributed by atoms with Gasteiger partial charge < -0.3 is 21.1 Å². The highest BCUT2D eigenvalue weighted by atomic mass is 32.1. The van der Waals surface area contributed by atoms with E-state index in [4.69, 9.17) is 0 Å². The highest BCUT2D eigenvalue weighted by Crippen LogP contribution is 2.30. The number of anilines is 2. The smallest absolute Gasteiger partial charge is 0.267 e. The summed E-state index contributed by atoms with van der Waals surface area (Å²) >= 11 is 1.33. The van der Waals surface area contributed by atoms with E-state index in [1.165, 1.54) is 24.2 Å². The average Bonchev–Trinajstić information content (AvgIpc) is 3.45. The number of carbonyl (C=O) groups is 2. The van der Waals surface area contributed by atoms with Crippen molar-refractivity contribution >= 4 is 34.0 Å². The van der Waals surface area contributed by atoms with Crippen LogP contribution in [-0.2, 0) is 0 Å². The van der Waals surface area contributed by atoms with Crippen molar-refractivity contribution in [3.8, 4) is 0 Å². The summed E-state index contributed by atoms with van der Waals surface area (Å²) in [7, 11) is 0. The van der Waals surface area contributed by atoms with Crippen LogP contribution in [0, 0.1) is 12.8 Å². The molecule has 4 N–H and O–H groups in total. The third-order valence-corrected chi connectivity index (χ3v) is 6.72. The van der Waals surface area contributed by atoms with Crippen LogP contribution in [0.1, 0.15) is 64.1 Å². The van der Waals surface area contributed by atoms with E-state index in [0.717, 1.165) is 42.4 Å². The molecule has 2 amide bonds. The minimum absolute atomic E-state index is 0.218. The first-order valence-corrected chi connectivity index (χ1v) is 11.4. The van der Waals surface area contributed by atoms with Gasteiger partial charge in [-0.2, -0.15) is 0 Å². The number of aryl methyl sites for hydroxylation is 1. The second-order valence-electron chi connectivity index (χ2n) is 8.27. The van der Waals surface area contributed by atoms with Crippen LogP contribution < -0.4 is 16.0 Å². The molecule has 7 nitrogen and oxygen atoms in total. The second-order valence-corrected chi connectivity index (χ2v) is 9.30. The first-order valence-electron chi connectivity index (χ1n) is 10.6. The van der Waals surface area contributed by atoms with Crippen molar-refractivity contribution in [2.24, 2.45) is 5.92 Å². The van der Waals surface area contributed by atoms with Gasteiger partial charge >= 0.3 is 0 Å². The molecule has 2 aromatic rings. The van der Waals surface area contributed by atoms with Gasteiger partial charge in [0.2, 0.25) is 0 Å². The number of carbonyl (C=O) groups excluding carboxylic acids is 2. The van der Waals surface area contributed by atoms with Gasteiger partial charge in [0.15, 0.2) is 5.13 Å². The summed E-state index contributed by atoms with van der Waals surface area (Å²) in [5.74, 6) is 0.258. The lowest BCUT2D eigenvalue weighted by atomic mass is 9.92. The summed E-state index contributed by atoms with van der Waals surface area (Å²) in [6, 6.07) is 5.02. The van der Waals surface area contributed by atoms with Crippen molar-refractivity contribution in [3.05, 3.63) is 40.4 Å². The first kappa shape index (κ1) is 20.8. The molecule has 0 aliphatic heterocycles. The minimum Gasteiger partial charge on any atom is -0.391 e. The van der Waals surface area contributed by atoms with Crippen molar-refractivity contribution < 1.29 is 14.7 Å². The highest BCUT2D eigenvalue weighted by molar-refractivity contribution is 7.17. The Morgan fingerprint density at radius 2 is 1.97 bits per heavy atom. The molecule has 2 atom stereocenters. The number of aromatic nitrogens is 1. The average molecular weight is 429 g/mol. The number of benzene rings is 1. The molecule has 1 aromatic heterocycles. The molecular formula is C22H28N4O3S. The normalized spacial score (nSPS) is 21.1. The Bertz CT molecular complexity index is 925. The van der Waals surface area contributed by atoms with E-state index in [1.54, 1.807) is 18.3 Å². The second kappa shape index (κ2) is 9.14. The fourth-order valence-corrected chi connectivity index (χ4v) is 4.35. The molecule has 30 heavy (non-hydrogen) atoms. The van der Waals surface area contributed by atoms with Crippen molar-refractivity contribution in [1.29, 1.82) is 0 Å². The molecular weight excluding hydrogens is 400 g/mol. The number of thiazole rings is 1. The maximum Gasteiger partial charge on any atom is 0.267 e. The zero-order valence-electron chi connectivity index (χ0n) is 17.1. The van der Waals surface area contributed by atoms with Crippen molar-refractivity contribution in [3.63, 3.8) is 0 Å². The third kappa shape index (κ3) is 5.17. The summed E-state index contributed by atoms with van der Waals surface area (Å²) in [5, 5.41) is 20.0. The van der Waals surface area contributed by atoms with E-state index >= 15 is 0 Å². The number of nitrogens with zero attached hydrogens (tertiary/aromatic N) is 1. The van der Waals surface area contributed by atoms with E-state index in [-0.39, 0.29) is 17.9 Å². The fourth-order valence-electron chi connectivity index (χ4n) is 3.63. The van der Waals surface area contributed by atoms with Gasteiger partial charge in [0.25, 0.3) is 11.8 Å². The lowest BCUT2D eigenvalue weighted by Crippen LogP contribution is -2.45. The van der Waals surface area contributed by atoms with Gasteiger partial charge in [0.05, 0.1) is 18.3 Å². The summed E-state index contributed by atoms with van der Waals surface area (Å²) in [6.07, 6.45) is 7.08. The molecule has 4 rings (SSSR count). The standard InChI is InChI=1S/C22H28N4O3S/c1-13-6-9-15(20(28)25-16-4-2-3-5-18(16)27)10-17(13)26-21(29)19-12-24-22(30-19)23-11-14-7-8-14/h6,9-10,12,14,16,18,27H,2-5,7-8,11H2,1H3,(H,23,24)(H,25,28)(H,26,29)/t16-,18-/m0/s1. The zero-order chi connectivity index (χ0) is 21.1. The van der Waals surface area contributed by atoms with Gasteiger partial charge in [0.1, 0.15) is 4.88 Å². The lowest BCUT2D eigenvalue weighted by molar-refractivity contribution is 0.0717. The predicted octanol–water partition coefficient (Wildman–Crippen LogP) is 3.56. The SMILES string of the molecule is Cc1ccc(C(=O)N[C@H]2CCCC[C@@H]2O)cc1NC(=O)c1cnc(NCC2CC2)s1. The summed E-state index contributed by atoms with van der Waals surface area (Å²) in [6.45, 7) is 2.79. The first-order chi connectivity index (χ1) is 14.5. The Morgan fingerprint density at radius 1 is 1.17 bits per heavy atom. The molecule has 0 unspecified atom stereocenters. The molecule has 2 saturated carbocycles. The van der Waals surface area contributed by atoms with Crippen LogP contribution >= 0.6 is 11.3 Å². The van der Waals surface area contributed by atoms with E-state index in [1.807, 2.05) is 13.0 Å². The van der Waals surface area contributed by atoms with E-state index in [9.17, 15) is 14.7 Å². The summed E-state index contributed by atoms with van der Waals surface area (Å²) < 4.78 is 0. The number of amides is 2. The number of nitrogens with one attached hydrogen (secondary N) is 3. The van der Waals surface area contributed by atoms with Crippen molar-refractivity contribution in [2.75, 3.05) is 17.2 Å². The molecule has 160 valence electrons. The monoisotopic (exact) mass is 428 g/mol. The molecule has 8 heteroatoms. The van der Waals surface area contributed by atoms with Crippen LogP contribution in [0.15, 0.2) is 24.4 Å². The predicted molar refractivity (Wildman–Crippen MR) is 118 cm³/mol. The molecule has 0 bridgehead atoms. The molecule has 0 spiro atoms. The molecule has 1 heterocycles. The van der Waals surface area contributed by atoms with Crippen LogP contribution in [0.2, 0.25) is 0 Å². The van der Waals surface area contributed by atoms with Gasteiger partial charge in [-0.05, 0) is 56.2 Å². The number of aliphatic hydroxyl groups is 1. The molecule has 2 aliphatic carbocycles. The van der Waals surface area contributed by atoms with Crippen LogP contribution in [0.4, 0.5) is 10.8 Å². The van der Waals surface area contributed by atoms with Gasteiger partial charge in [-0.15, -0.1) is 0 Å². The van der Waals surface area contributed by atoms with E-state index in [0.29, 0.717) is 22.5 Å². The Kier molecular flexibility index (Phi) is 6.34. The Hall–Kier alpha value is -2.45. The largest absolute Gasteiger partial charge is 0.391 e. The Labute approximate surface area is 180 Å². The van der Waals surface area contributed by atoms with Crippen LogP contribution in [0.5, 0.6) is 0 Å². The van der Waals surface area contributed by atoms with E-state index < -0.39 is 6.10 Å². The number of hydrogen-bond donors (Lipinski definition) is 4. The topological polar surface area (TPSA) is 103 Å².